The molecule has 1 amide bonds. The van der Waals surface area contributed by atoms with Gasteiger partial charge in [-0.05, 0) is 69.1 Å². The fraction of sp³-hybridized carbons (Fsp3) is 0.367. The standard InChI is InChI=1S/C30H36N8O2/c1-32-29(39)22-7-3-4-8-23(22)33-28-27-24(34-30(31)35-28)13-18-38(27)25-10-9-21(19-26(25)40-2)37-16-11-20(12-17-37)36-14-5-6-15-36/h3-4,7-10,13,18-20H,5-6,11-12,14-17H2,1-2H3,(H,32,39)(H3,31,33,34,35). The molecule has 2 aliphatic rings. The highest BCUT2D eigenvalue weighted by atomic mass is 16.5. The minimum Gasteiger partial charge on any atom is -0.494 e. The van der Waals surface area contributed by atoms with Crippen molar-refractivity contribution in [1.82, 2.24) is 24.8 Å². The molecule has 2 aromatic heterocycles. The summed E-state index contributed by atoms with van der Waals surface area (Å²) in [7, 11) is 3.30. The van der Waals surface area contributed by atoms with Crippen molar-refractivity contribution in [3.63, 3.8) is 0 Å². The number of methoxy groups -OCH3 is 1. The first-order valence-corrected chi connectivity index (χ1v) is 14.0. The van der Waals surface area contributed by atoms with Gasteiger partial charge in [0.1, 0.15) is 11.3 Å². The first-order valence-electron chi connectivity index (χ1n) is 14.0. The highest BCUT2D eigenvalue weighted by Gasteiger charge is 2.27. The normalized spacial score (nSPS) is 16.4. The average Bonchev–Trinajstić information content (AvgIpc) is 3.68. The van der Waals surface area contributed by atoms with Crippen LogP contribution in [-0.2, 0) is 0 Å². The molecule has 0 unspecified atom stereocenters. The van der Waals surface area contributed by atoms with Gasteiger partial charge in [0.05, 0.1) is 29.6 Å². The van der Waals surface area contributed by atoms with Crippen molar-refractivity contribution in [2.75, 3.05) is 56.3 Å². The number of piperidine rings is 1. The van der Waals surface area contributed by atoms with Gasteiger partial charge >= 0.3 is 0 Å². The summed E-state index contributed by atoms with van der Waals surface area (Å²) in [4.78, 5) is 26.6. The molecule has 10 nitrogen and oxygen atoms in total. The molecular formula is C30H36N8O2. The largest absolute Gasteiger partial charge is 0.494 e. The first kappa shape index (κ1) is 25.9. The highest BCUT2D eigenvalue weighted by Crippen LogP contribution is 2.35. The Morgan fingerprint density at radius 2 is 1.80 bits per heavy atom. The lowest BCUT2D eigenvalue weighted by Crippen LogP contribution is -2.43. The molecule has 4 N–H and O–H groups in total. The molecule has 10 heteroatoms. The number of anilines is 4. The summed E-state index contributed by atoms with van der Waals surface area (Å²) in [6.07, 6.45) is 6.99. The van der Waals surface area contributed by atoms with E-state index in [0.717, 1.165) is 35.7 Å². The molecule has 2 saturated heterocycles. The minimum absolute atomic E-state index is 0.143. The Bertz CT molecular complexity index is 1520. The number of nitrogens with one attached hydrogen (secondary N) is 2. The van der Waals surface area contributed by atoms with E-state index in [-0.39, 0.29) is 11.9 Å². The van der Waals surface area contributed by atoms with E-state index in [1.54, 1.807) is 20.2 Å². The summed E-state index contributed by atoms with van der Waals surface area (Å²) < 4.78 is 7.91. The van der Waals surface area contributed by atoms with E-state index >= 15 is 0 Å². The Kier molecular flexibility index (Phi) is 7.17. The zero-order valence-corrected chi connectivity index (χ0v) is 23.1. The lowest BCUT2D eigenvalue weighted by molar-refractivity contribution is 0.0964. The van der Waals surface area contributed by atoms with Crippen molar-refractivity contribution >= 4 is 40.1 Å². The molecule has 0 aliphatic carbocycles. The van der Waals surface area contributed by atoms with Gasteiger partial charge < -0.3 is 35.5 Å². The molecule has 0 atom stereocenters. The molecule has 0 radical (unpaired) electrons. The summed E-state index contributed by atoms with van der Waals surface area (Å²) >= 11 is 0. The maximum Gasteiger partial charge on any atom is 0.253 e. The molecule has 2 fully saturated rings. The lowest BCUT2D eigenvalue weighted by Gasteiger charge is -2.38. The zero-order chi connectivity index (χ0) is 27.6. The Morgan fingerprint density at radius 3 is 2.55 bits per heavy atom. The Balaban J connectivity index is 1.32. The average molecular weight is 541 g/mol. The smallest absolute Gasteiger partial charge is 0.253 e. The molecule has 208 valence electrons. The summed E-state index contributed by atoms with van der Waals surface area (Å²) in [5.74, 6) is 1.20. The molecule has 40 heavy (non-hydrogen) atoms. The molecular weight excluding hydrogens is 504 g/mol. The predicted octanol–water partition coefficient (Wildman–Crippen LogP) is 4.18. The van der Waals surface area contributed by atoms with E-state index in [1.165, 1.54) is 38.8 Å². The maximum absolute atomic E-state index is 12.5. The molecule has 2 aromatic carbocycles. The van der Waals surface area contributed by atoms with Gasteiger partial charge in [-0.2, -0.15) is 4.98 Å². The third-order valence-electron chi connectivity index (χ3n) is 8.11. The number of nitrogens with zero attached hydrogens (tertiary/aromatic N) is 5. The van der Waals surface area contributed by atoms with Crippen LogP contribution in [0.1, 0.15) is 36.0 Å². The van der Waals surface area contributed by atoms with Gasteiger partial charge in [0, 0.05) is 44.1 Å². The van der Waals surface area contributed by atoms with Gasteiger partial charge in [-0.25, -0.2) is 4.98 Å². The lowest BCUT2D eigenvalue weighted by atomic mass is 10.0. The molecule has 2 aliphatic heterocycles. The van der Waals surface area contributed by atoms with E-state index in [9.17, 15) is 4.79 Å². The second-order valence-electron chi connectivity index (χ2n) is 10.4. The van der Waals surface area contributed by atoms with E-state index in [4.69, 9.17) is 10.5 Å². The summed E-state index contributed by atoms with van der Waals surface area (Å²) in [6, 6.07) is 16.3. The zero-order valence-electron chi connectivity index (χ0n) is 23.1. The van der Waals surface area contributed by atoms with Gasteiger partial charge in [0.15, 0.2) is 5.82 Å². The fourth-order valence-electron chi connectivity index (χ4n) is 6.06. The number of amides is 1. The van der Waals surface area contributed by atoms with Gasteiger partial charge in [-0.1, -0.05) is 12.1 Å². The number of aromatic nitrogens is 3. The number of hydrogen-bond donors (Lipinski definition) is 3. The fourth-order valence-corrected chi connectivity index (χ4v) is 6.06. The van der Waals surface area contributed by atoms with Crippen LogP contribution in [0.4, 0.5) is 23.1 Å². The summed E-state index contributed by atoms with van der Waals surface area (Å²) in [6.45, 7) is 4.59. The molecule has 0 bridgehead atoms. The van der Waals surface area contributed by atoms with Crippen molar-refractivity contribution < 1.29 is 9.53 Å². The molecule has 4 heterocycles. The number of rotatable bonds is 7. The van der Waals surface area contributed by atoms with Crippen LogP contribution in [0.15, 0.2) is 54.7 Å². The van der Waals surface area contributed by atoms with Gasteiger partial charge in [-0.15, -0.1) is 0 Å². The number of likely N-dealkylation sites (tertiary alicyclic amines) is 1. The van der Waals surface area contributed by atoms with Crippen LogP contribution in [0.3, 0.4) is 0 Å². The second kappa shape index (κ2) is 11.1. The molecule has 6 rings (SSSR count). The van der Waals surface area contributed by atoms with Crippen LogP contribution in [0.5, 0.6) is 5.75 Å². The number of para-hydroxylation sites is 1. The molecule has 0 saturated carbocycles. The Labute approximate surface area is 234 Å². The van der Waals surface area contributed by atoms with Crippen LogP contribution in [0, 0.1) is 0 Å². The van der Waals surface area contributed by atoms with Gasteiger partial charge in [0.2, 0.25) is 5.95 Å². The van der Waals surface area contributed by atoms with Crippen molar-refractivity contribution in [2.24, 2.45) is 0 Å². The van der Waals surface area contributed by atoms with E-state index < -0.39 is 0 Å². The number of benzene rings is 2. The predicted molar refractivity (Wildman–Crippen MR) is 159 cm³/mol. The number of nitrogen functional groups attached to an aromatic ring is 1. The van der Waals surface area contributed by atoms with Crippen molar-refractivity contribution in [3.8, 4) is 11.4 Å². The van der Waals surface area contributed by atoms with Crippen molar-refractivity contribution in [1.29, 1.82) is 0 Å². The van der Waals surface area contributed by atoms with Crippen LogP contribution in [0.25, 0.3) is 16.7 Å². The topological polar surface area (TPSA) is 114 Å². The molecule has 0 spiro atoms. The number of carbonyl (C=O) groups excluding carboxylic acids is 1. The molecule has 4 aromatic rings. The number of nitrogens with two attached hydrogens (primary N) is 1. The number of hydrogen-bond acceptors (Lipinski definition) is 8. The highest BCUT2D eigenvalue weighted by molar-refractivity contribution is 6.01. The number of carbonyl (C=O) groups is 1. The SMILES string of the molecule is CNC(=O)c1ccccc1Nc1nc(N)nc2ccn(-c3ccc(N4CCC(N5CCCC5)CC4)cc3OC)c12. The van der Waals surface area contributed by atoms with Crippen LogP contribution < -0.4 is 26.0 Å². The van der Waals surface area contributed by atoms with Gasteiger partial charge in [0.25, 0.3) is 5.91 Å². The summed E-state index contributed by atoms with van der Waals surface area (Å²) in [5, 5.41) is 6.02. The number of fused-ring (bicyclic) bond motifs is 1. The van der Waals surface area contributed by atoms with Crippen molar-refractivity contribution in [3.05, 3.63) is 60.3 Å². The third kappa shape index (κ3) is 4.90. The van der Waals surface area contributed by atoms with Crippen LogP contribution >= 0.6 is 0 Å². The van der Waals surface area contributed by atoms with Crippen LogP contribution in [0.2, 0.25) is 0 Å². The van der Waals surface area contributed by atoms with Crippen LogP contribution in [-0.4, -0.2) is 71.7 Å². The quantitative estimate of drug-likeness (QED) is 0.320. The Morgan fingerprint density at radius 1 is 1.02 bits per heavy atom. The van der Waals surface area contributed by atoms with E-state index in [1.807, 2.05) is 35.0 Å². The monoisotopic (exact) mass is 540 g/mol. The third-order valence-corrected chi connectivity index (χ3v) is 8.11. The van der Waals surface area contributed by atoms with E-state index in [0.29, 0.717) is 28.6 Å². The minimum atomic E-state index is -0.196. The van der Waals surface area contributed by atoms with E-state index in [2.05, 4.69) is 48.6 Å². The summed E-state index contributed by atoms with van der Waals surface area (Å²) in [5.41, 5.74) is 10.6. The first-order chi connectivity index (χ1) is 19.6. The van der Waals surface area contributed by atoms with Crippen molar-refractivity contribution in [2.45, 2.75) is 31.7 Å². The second-order valence-corrected chi connectivity index (χ2v) is 10.4. The Hall–Kier alpha value is -4.31. The van der Waals surface area contributed by atoms with Gasteiger partial charge in [-0.3, -0.25) is 4.79 Å². The number of ether oxygens (including phenoxy) is 1. The maximum atomic E-state index is 12.5.